The molecule has 0 aliphatic heterocycles. The van der Waals surface area contributed by atoms with Crippen molar-refractivity contribution in [2.24, 2.45) is 0 Å². The minimum Gasteiger partial charge on any atom is -0.497 e. The number of benzene rings is 2. The van der Waals surface area contributed by atoms with Gasteiger partial charge in [0, 0.05) is 12.2 Å². The first-order valence-corrected chi connectivity index (χ1v) is 9.33. The zero-order valence-corrected chi connectivity index (χ0v) is 15.6. The number of methoxy groups -OCH3 is 1. The number of amides is 1. The Morgan fingerprint density at radius 3 is 2.74 bits per heavy atom. The summed E-state index contributed by atoms with van der Waals surface area (Å²) >= 11 is 1.29. The Labute approximate surface area is 160 Å². The van der Waals surface area contributed by atoms with E-state index in [1.165, 1.54) is 17.8 Å². The van der Waals surface area contributed by atoms with E-state index in [9.17, 15) is 9.18 Å². The fourth-order valence-corrected chi connectivity index (χ4v) is 3.22. The summed E-state index contributed by atoms with van der Waals surface area (Å²) in [4.78, 5) is 12.0. The van der Waals surface area contributed by atoms with E-state index in [0.717, 1.165) is 11.4 Å². The van der Waals surface area contributed by atoms with Crippen molar-refractivity contribution in [2.75, 3.05) is 19.4 Å². The van der Waals surface area contributed by atoms with E-state index in [0.29, 0.717) is 23.7 Å². The van der Waals surface area contributed by atoms with Crippen molar-refractivity contribution < 1.29 is 13.9 Å². The summed E-state index contributed by atoms with van der Waals surface area (Å²) in [6.07, 6.45) is 2.05. The standard InChI is InChI=1S/C19H19FN4O2S/c1-26-16-8-6-15(7-9-16)24-13-22-23-19(24)27-12-18(25)21-11-10-14-4-2-3-5-17(14)20/h2-9,13H,10-12H2,1H3,(H,21,25). The highest BCUT2D eigenvalue weighted by molar-refractivity contribution is 7.99. The van der Waals surface area contributed by atoms with Crippen LogP contribution in [0.15, 0.2) is 60.0 Å². The fraction of sp³-hybridized carbons (Fsp3) is 0.211. The number of hydrogen-bond donors (Lipinski definition) is 1. The molecule has 0 radical (unpaired) electrons. The van der Waals surface area contributed by atoms with Crippen molar-refractivity contribution in [1.29, 1.82) is 0 Å². The number of carbonyl (C=O) groups is 1. The van der Waals surface area contributed by atoms with E-state index in [2.05, 4.69) is 15.5 Å². The molecule has 0 fully saturated rings. The van der Waals surface area contributed by atoms with Crippen LogP contribution >= 0.6 is 11.8 Å². The predicted octanol–water partition coefficient (Wildman–Crippen LogP) is 2.87. The second-order valence-corrected chi connectivity index (χ2v) is 6.60. The maximum atomic E-state index is 13.6. The van der Waals surface area contributed by atoms with E-state index >= 15 is 0 Å². The highest BCUT2D eigenvalue weighted by Gasteiger charge is 2.10. The lowest BCUT2D eigenvalue weighted by Gasteiger charge is -2.08. The molecule has 8 heteroatoms. The molecule has 0 saturated heterocycles. The van der Waals surface area contributed by atoms with Crippen molar-refractivity contribution in [3.63, 3.8) is 0 Å². The summed E-state index contributed by atoms with van der Waals surface area (Å²) in [7, 11) is 1.61. The molecule has 0 atom stereocenters. The largest absolute Gasteiger partial charge is 0.497 e. The highest BCUT2D eigenvalue weighted by atomic mass is 32.2. The number of carbonyl (C=O) groups excluding carboxylic acids is 1. The quantitative estimate of drug-likeness (QED) is 0.603. The van der Waals surface area contributed by atoms with Crippen LogP contribution in [0.3, 0.4) is 0 Å². The van der Waals surface area contributed by atoms with E-state index in [1.807, 2.05) is 24.3 Å². The lowest BCUT2D eigenvalue weighted by molar-refractivity contribution is -0.118. The Morgan fingerprint density at radius 2 is 2.00 bits per heavy atom. The number of halogens is 1. The number of ether oxygens (including phenoxy) is 1. The van der Waals surface area contributed by atoms with Crippen molar-refractivity contribution in [2.45, 2.75) is 11.6 Å². The number of thioether (sulfide) groups is 1. The molecule has 0 aliphatic rings. The third-order valence-electron chi connectivity index (χ3n) is 3.87. The molecule has 140 valence electrons. The van der Waals surface area contributed by atoms with Gasteiger partial charge in [-0.2, -0.15) is 0 Å². The third-order valence-corrected chi connectivity index (χ3v) is 4.82. The Balaban J connectivity index is 1.50. The Morgan fingerprint density at radius 1 is 1.22 bits per heavy atom. The Hall–Kier alpha value is -2.87. The van der Waals surface area contributed by atoms with Gasteiger partial charge in [-0.25, -0.2) is 4.39 Å². The second kappa shape index (κ2) is 9.18. The molecule has 27 heavy (non-hydrogen) atoms. The monoisotopic (exact) mass is 386 g/mol. The minimum atomic E-state index is -0.256. The number of rotatable bonds is 8. The maximum absolute atomic E-state index is 13.6. The Kier molecular flexibility index (Phi) is 6.43. The van der Waals surface area contributed by atoms with Crippen LogP contribution in [0.1, 0.15) is 5.56 Å². The molecule has 2 aromatic carbocycles. The molecular weight excluding hydrogens is 367 g/mol. The fourth-order valence-electron chi connectivity index (χ4n) is 2.46. The maximum Gasteiger partial charge on any atom is 0.230 e. The molecular formula is C19H19FN4O2S. The molecule has 6 nitrogen and oxygen atoms in total. The van der Waals surface area contributed by atoms with E-state index in [1.54, 1.807) is 36.2 Å². The molecule has 1 aromatic heterocycles. The second-order valence-electron chi connectivity index (χ2n) is 5.66. The number of nitrogens with one attached hydrogen (secondary N) is 1. The van der Waals surface area contributed by atoms with E-state index < -0.39 is 0 Å². The molecule has 1 heterocycles. The molecule has 3 aromatic rings. The van der Waals surface area contributed by atoms with Crippen molar-refractivity contribution in [1.82, 2.24) is 20.1 Å². The number of nitrogens with zero attached hydrogens (tertiary/aromatic N) is 3. The van der Waals surface area contributed by atoms with Crippen LogP contribution in [0.5, 0.6) is 5.75 Å². The van der Waals surface area contributed by atoms with Crippen molar-refractivity contribution >= 4 is 17.7 Å². The van der Waals surface area contributed by atoms with Crippen LogP contribution in [-0.2, 0) is 11.2 Å². The first-order chi connectivity index (χ1) is 13.2. The topological polar surface area (TPSA) is 69.0 Å². The zero-order valence-electron chi connectivity index (χ0n) is 14.8. The lowest BCUT2D eigenvalue weighted by atomic mass is 10.1. The lowest BCUT2D eigenvalue weighted by Crippen LogP contribution is -2.27. The molecule has 0 saturated carbocycles. The molecule has 0 bridgehead atoms. The van der Waals surface area contributed by atoms with Gasteiger partial charge in [0.15, 0.2) is 5.16 Å². The SMILES string of the molecule is COc1ccc(-n2cnnc2SCC(=O)NCCc2ccccc2F)cc1. The van der Waals surface area contributed by atoms with Gasteiger partial charge in [-0.05, 0) is 42.3 Å². The van der Waals surface area contributed by atoms with Crippen molar-refractivity contribution in [3.8, 4) is 11.4 Å². The summed E-state index contributed by atoms with van der Waals surface area (Å²) in [5.74, 6) is 0.566. The molecule has 1 N–H and O–H groups in total. The van der Waals surface area contributed by atoms with Gasteiger partial charge >= 0.3 is 0 Å². The van der Waals surface area contributed by atoms with Gasteiger partial charge in [-0.1, -0.05) is 30.0 Å². The van der Waals surface area contributed by atoms with Crippen LogP contribution < -0.4 is 10.1 Å². The van der Waals surface area contributed by atoms with Gasteiger partial charge in [0.05, 0.1) is 12.9 Å². The average molecular weight is 386 g/mol. The first-order valence-electron chi connectivity index (χ1n) is 8.34. The summed E-state index contributed by atoms with van der Waals surface area (Å²) in [6.45, 7) is 0.380. The number of hydrogen-bond acceptors (Lipinski definition) is 5. The van der Waals surface area contributed by atoms with Crippen LogP contribution in [0.2, 0.25) is 0 Å². The normalized spacial score (nSPS) is 10.6. The van der Waals surface area contributed by atoms with Crippen molar-refractivity contribution in [3.05, 3.63) is 66.2 Å². The molecule has 0 spiro atoms. The molecule has 1 amide bonds. The van der Waals surface area contributed by atoms with Gasteiger partial charge < -0.3 is 10.1 Å². The van der Waals surface area contributed by atoms with E-state index in [4.69, 9.17) is 4.74 Å². The van der Waals surface area contributed by atoms with E-state index in [-0.39, 0.29) is 17.5 Å². The average Bonchev–Trinajstić information content (AvgIpc) is 3.16. The molecule has 0 aliphatic carbocycles. The van der Waals surface area contributed by atoms with Crippen LogP contribution in [-0.4, -0.2) is 40.1 Å². The van der Waals surface area contributed by atoms with Gasteiger partial charge in [0.2, 0.25) is 5.91 Å². The smallest absolute Gasteiger partial charge is 0.230 e. The predicted molar refractivity (Wildman–Crippen MR) is 102 cm³/mol. The van der Waals surface area contributed by atoms with Crippen LogP contribution in [0.4, 0.5) is 4.39 Å². The van der Waals surface area contributed by atoms with Gasteiger partial charge in [-0.3, -0.25) is 9.36 Å². The first kappa shape index (κ1) is 18.9. The van der Waals surface area contributed by atoms with Gasteiger partial charge in [0.25, 0.3) is 0 Å². The summed E-state index contributed by atoms with van der Waals surface area (Å²) < 4.78 is 20.5. The zero-order chi connectivity index (χ0) is 19.1. The summed E-state index contributed by atoms with van der Waals surface area (Å²) in [5, 5.41) is 11.4. The molecule has 3 rings (SSSR count). The van der Waals surface area contributed by atoms with Crippen LogP contribution in [0, 0.1) is 5.82 Å². The third kappa shape index (κ3) is 5.07. The van der Waals surface area contributed by atoms with Crippen LogP contribution in [0.25, 0.3) is 5.69 Å². The number of aromatic nitrogens is 3. The minimum absolute atomic E-state index is 0.138. The highest BCUT2D eigenvalue weighted by Crippen LogP contribution is 2.21. The van der Waals surface area contributed by atoms with Gasteiger partial charge in [-0.15, -0.1) is 10.2 Å². The Bertz CT molecular complexity index is 899. The summed E-state index contributed by atoms with van der Waals surface area (Å²) in [6, 6.07) is 14.0. The molecule has 0 unspecified atom stereocenters. The van der Waals surface area contributed by atoms with Gasteiger partial charge in [0.1, 0.15) is 17.9 Å². The summed E-state index contributed by atoms with van der Waals surface area (Å²) in [5.41, 5.74) is 1.47.